The molecule has 0 bridgehead atoms. The highest BCUT2D eigenvalue weighted by Gasteiger charge is 2.08. The molecule has 22 heavy (non-hydrogen) atoms. The number of nitriles is 1. The van der Waals surface area contributed by atoms with E-state index in [9.17, 15) is 4.79 Å². The molecule has 0 aliphatic rings. The van der Waals surface area contributed by atoms with Crippen molar-refractivity contribution in [2.45, 2.75) is 17.7 Å². The molecule has 0 unspecified atom stereocenters. The van der Waals surface area contributed by atoms with Crippen molar-refractivity contribution < 1.29 is 4.79 Å². The van der Waals surface area contributed by atoms with Crippen LogP contribution in [0.15, 0.2) is 28.6 Å². The predicted octanol–water partition coefficient (Wildman–Crippen LogP) is 2.77. The molecular weight excluding hydrogens is 318 g/mol. The molecule has 2 aromatic rings. The van der Waals surface area contributed by atoms with Gasteiger partial charge in [-0.05, 0) is 24.6 Å². The highest BCUT2D eigenvalue weighted by atomic mass is 32.2. The lowest BCUT2D eigenvalue weighted by Gasteiger charge is -2.04. The molecule has 1 heterocycles. The number of aromatic nitrogens is 2. The highest BCUT2D eigenvalue weighted by Crippen LogP contribution is 2.25. The molecule has 1 aromatic heterocycles. The van der Waals surface area contributed by atoms with E-state index in [-0.39, 0.29) is 11.7 Å². The molecule has 0 saturated heterocycles. The van der Waals surface area contributed by atoms with E-state index in [1.54, 1.807) is 12.1 Å². The van der Waals surface area contributed by atoms with Crippen molar-refractivity contribution >= 4 is 39.8 Å². The Morgan fingerprint density at radius 3 is 2.82 bits per heavy atom. The summed E-state index contributed by atoms with van der Waals surface area (Å²) in [5.74, 6) is 0.180. The first-order valence-corrected chi connectivity index (χ1v) is 8.47. The third kappa shape index (κ3) is 5.02. The summed E-state index contributed by atoms with van der Waals surface area (Å²) in [6.07, 6.45) is 0.370. The Morgan fingerprint density at radius 2 is 2.14 bits per heavy atom. The number of hydrogen-bond donors (Lipinski definition) is 2. The third-order valence-corrected chi connectivity index (χ3v) is 4.60. The van der Waals surface area contributed by atoms with Gasteiger partial charge in [-0.1, -0.05) is 35.2 Å². The molecule has 6 nitrogen and oxygen atoms in total. The van der Waals surface area contributed by atoms with E-state index in [2.05, 4.69) is 26.9 Å². The van der Waals surface area contributed by atoms with Crippen LogP contribution in [0.4, 0.5) is 10.8 Å². The van der Waals surface area contributed by atoms with Crippen molar-refractivity contribution in [3.63, 3.8) is 0 Å². The summed E-state index contributed by atoms with van der Waals surface area (Å²) in [5.41, 5.74) is 1.65. The van der Waals surface area contributed by atoms with Gasteiger partial charge in [-0.2, -0.15) is 5.26 Å². The maximum atomic E-state index is 11.9. The van der Waals surface area contributed by atoms with Crippen molar-refractivity contribution in [1.29, 1.82) is 5.26 Å². The Labute approximate surface area is 137 Å². The zero-order chi connectivity index (χ0) is 15.8. The minimum absolute atomic E-state index is 0.0989. The number of hydrogen-bond acceptors (Lipinski definition) is 7. The fraction of sp³-hybridized carbons (Fsp3) is 0.286. The number of anilines is 2. The van der Waals surface area contributed by atoms with E-state index in [0.717, 1.165) is 27.3 Å². The summed E-state index contributed by atoms with van der Waals surface area (Å²) in [5, 5.41) is 23.2. The first-order valence-electron chi connectivity index (χ1n) is 6.67. The smallest absolute Gasteiger partial charge is 0.234 e. The predicted molar refractivity (Wildman–Crippen MR) is 89.2 cm³/mol. The summed E-state index contributed by atoms with van der Waals surface area (Å²) in [7, 11) is 0. The molecule has 0 fully saturated rings. The van der Waals surface area contributed by atoms with Crippen LogP contribution in [0.3, 0.4) is 0 Å². The van der Waals surface area contributed by atoms with Crippen molar-refractivity contribution in [3.8, 4) is 6.07 Å². The van der Waals surface area contributed by atoms with Gasteiger partial charge in [-0.25, -0.2) is 0 Å². The Kier molecular flexibility index (Phi) is 6.18. The van der Waals surface area contributed by atoms with Crippen LogP contribution in [-0.2, 0) is 11.2 Å². The van der Waals surface area contributed by atoms with E-state index in [0.29, 0.717) is 6.42 Å². The van der Waals surface area contributed by atoms with E-state index >= 15 is 0 Å². The summed E-state index contributed by atoms with van der Waals surface area (Å²) < 4.78 is 0.760. The lowest BCUT2D eigenvalue weighted by Crippen LogP contribution is -2.13. The van der Waals surface area contributed by atoms with E-state index in [1.165, 1.54) is 23.1 Å². The lowest BCUT2D eigenvalue weighted by atomic mass is 10.1. The van der Waals surface area contributed by atoms with Crippen LogP contribution in [-0.4, -0.2) is 28.4 Å². The molecule has 0 aliphatic carbocycles. The van der Waals surface area contributed by atoms with Crippen molar-refractivity contribution in [3.05, 3.63) is 29.8 Å². The number of rotatable bonds is 7. The second-order valence-electron chi connectivity index (χ2n) is 4.27. The number of benzene rings is 1. The van der Waals surface area contributed by atoms with Gasteiger partial charge in [0.15, 0.2) is 4.34 Å². The van der Waals surface area contributed by atoms with Crippen LogP contribution in [0.1, 0.15) is 12.5 Å². The maximum Gasteiger partial charge on any atom is 0.234 e. The van der Waals surface area contributed by atoms with Gasteiger partial charge in [-0.3, -0.25) is 4.79 Å². The van der Waals surface area contributed by atoms with Crippen molar-refractivity contribution in [2.24, 2.45) is 0 Å². The molecule has 0 radical (unpaired) electrons. The molecule has 1 aromatic carbocycles. The maximum absolute atomic E-state index is 11.9. The standard InChI is InChI=1S/C14H15N5OS2/c1-2-16-13-18-19-14(22-13)21-9-12(20)17-11-5-3-10(4-6-11)7-8-15/h3-6H,2,7,9H2,1H3,(H,16,18)(H,17,20). The van der Waals surface area contributed by atoms with Crippen LogP contribution < -0.4 is 10.6 Å². The number of thioether (sulfide) groups is 1. The first kappa shape index (κ1) is 16.3. The minimum Gasteiger partial charge on any atom is -0.360 e. The van der Waals surface area contributed by atoms with Gasteiger partial charge in [0.25, 0.3) is 0 Å². The monoisotopic (exact) mass is 333 g/mol. The van der Waals surface area contributed by atoms with Crippen LogP contribution >= 0.6 is 23.1 Å². The quantitative estimate of drug-likeness (QED) is 0.757. The summed E-state index contributed by atoms with van der Waals surface area (Å²) in [6, 6.07) is 9.34. The normalized spacial score (nSPS) is 10.0. The summed E-state index contributed by atoms with van der Waals surface area (Å²) in [6.45, 7) is 2.78. The van der Waals surface area contributed by atoms with Gasteiger partial charge < -0.3 is 10.6 Å². The lowest BCUT2D eigenvalue weighted by molar-refractivity contribution is -0.113. The van der Waals surface area contributed by atoms with Gasteiger partial charge in [-0.15, -0.1) is 10.2 Å². The zero-order valence-electron chi connectivity index (χ0n) is 12.0. The fourth-order valence-corrected chi connectivity index (χ4v) is 3.23. The van der Waals surface area contributed by atoms with E-state index in [1.807, 2.05) is 19.1 Å². The Hall–Kier alpha value is -2.11. The Balaban J connectivity index is 1.80. The molecule has 0 spiro atoms. The fourth-order valence-electron chi connectivity index (χ4n) is 1.61. The molecule has 0 atom stereocenters. The molecule has 0 saturated carbocycles. The molecule has 8 heteroatoms. The first-order chi connectivity index (χ1) is 10.7. The molecule has 114 valence electrons. The Bertz CT molecular complexity index is 663. The molecule has 0 aliphatic heterocycles. The minimum atomic E-state index is -0.0989. The van der Waals surface area contributed by atoms with Gasteiger partial charge >= 0.3 is 0 Å². The van der Waals surface area contributed by atoms with Crippen molar-refractivity contribution in [2.75, 3.05) is 22.9 Å². The van der Waals surface area contributed by atoms with Crippen LogP contribution in [0.5, 0.6) is 0 Å². The summed E-state index contributed by atoms with van der Waals surface area (Å²) >= 11 is 2.79. The van der Waals surface area contributed by atoms with Crippen LogP contribution in [0.2, 0.25) is 0 Å². The van der Waals surface area contributed by atoms with E-state index in [4.69, 9.17) is 5.26 Å². The number of amides is 1. The molecule has 2 N–H and O–H groups in total. The number of nitrogens with zero attached hydrogens (tertiary/aromatic N) is 3. The SMILES string of the molecule is CCNc1nnc(SCC(=O)Nc2ccc(CC#N)cc2)s1. The number of carbonyl (C=O) groups excluding carboxylic acids is 1. The van der Waals surface area contributed by atoms with Crippen LogP contribution in [0, 0.1) is 11.3 Å². The topological polar surface area (TPSA) is 90.7 Å². The largest absolute Gasteiger partial charge is 0.360 e. The van der Waals surface area contributed by atoms with Crippen LogP contribution in [0.25, 0.3) is 0 Å². The van der Waals surface area contributed by atoms with E-state index < -0.39 is 0 Å². The van der Waals surface area contributed by atoms with Gasteiger partial charge in [0.1, 0.15) is 0 Å². The third-order valence-electron chi connectivity index (χ3n) is 2.58. The highest BCUT2D eigenvalue weighted by molar-refractivity contribution is 8.01. The average Bonchev–Trinajstić information content (AvgIpc) is 2.96. The summed E-state index contributed by atoms with van der Waals surface area (Å²) in [4.78, 5) is 11.9. The molecular formula is C14H15N5OS2. The van der Waals surface area contributed by atoms with Crippen molar-refractivity contribution in [1.82, 2.24) is 10.2 Å². The molecule has 1 amide bonds. The zero-order valence-corrected chi connectivity index (χ0v) is 13.6. The van der Waals surface area contributed by atoms with Gasteiger partial charge in [0, 0.05) is 12.2 Å². The van der Waals surface area contributed by atoms with Gasteiger partial charge in [0.05, 0.1) is 18.2 Å². The average molecular weight is 333 g/mol. The second-order valence-corrected chi connectivity index (χ2v) is 6.47. The number of nitrogens with one attached hydrogen (secondary N) is 2. The van der Waals surface area contributed by atoms with Gasteiger partial charge in [0.2, 0.25) is 11.0 Å². The number of carbonyl (C=O) groups is 1. The molecule has 2 rings (SSSR count). The second kappa shape index (κ2) is 8.36. The Morgan fingerprint density at radius 1 is 1.36 bits per heavy atom.